The first kappa shape index (κ1) is 8.41. The first-order valence-electron chi connectivity index (χ1n) is 2.82. The summed E-state index contributed by atoms with van der Waals surface area (Å²) in [5.74, 6) is 0. The lowest BCUT2D eigenvalue weighted by molar-refractivity contribution is -0.0104. The van der Waals surface area contributed by atoms with E-state index in [1.54, 1.807) is 6.92 Å². The summed E-state index contributed by atoms with van der Waals surface area (Å²) < 4.78 is 4.77. The van der Waals surface area contributed by atoms with Crippen molar-refractivity contribution in [1.82, 2.24) is 0 Å². The summed E-state index contributed by atoms with van der Waals surface area (Å²) in [7, 11) is 1.42. The Balaban J connectivity index is 4.04. The van der Waals surface area contributed by atoms with Gasteiger partial charge in [-0.2, -0.15) is 5.26 Å². The van der Waals surface area contributed by atoms with Crippen LogP contribution in [-0.2, 0) is 4.74 Å². The zero-order valence-corrected chi connectivity index (χ0v) is 5.72. The van der Waals surface area contributed by atoms with Crippen LogP contribution in [-0.4, -0.2) is 24.4 Å². The number of rotatable bonds is 3. The quantitative estimate of drug-likeness (QED) is 0.596. The molecule has 0 aliphatic carbocycles. The second-order valence-corrected chi connectivity index (χ2v) is 1.82. The number of ether oxygens (including phenoxy) is 1. The molecule has 0 aliphatic heterocycles. The van der Waals surface area contributed by atoms with Gasteiger partial charge in [0.1, 0.15) is 6.07 Å². The van der Waals surface area contributed by atoms with Crippen LogP contribution in [0.15, 0.2) is 0 Å². The number of aliphatic hydroxyl groups excluding tert-OH is 1. The van der Waals surface area contributed by atoms with Crippen LogP contribution < -0.4 is 0 Å². The first-order chi connectivity index (χ1) is 4.24. The molecule has 0 saturated heterocycles. The van der Waals surface area contributed by atoms with Gasteiger partial charge < -0.3 is 9.84 Å². The summed E-state index contributed by atoms with van der Waals surface area (Å²) in [6.07, 6.45) is 0.510. The molecule has 0 radical (unpaired) electrons. The third-order valence-corrected chi connectivity index (χ3v) is 1.42. The second-order valence-electron chi connectivity index (χ2n) is 1.82. The molecular weight excluding hydrogens is 118 g/mol. The topological polar surface area (TPSA) is 53.2 Å². The van der Waals surface area contributed by atoms with Crippen molar-refractivity contribution < 1.29 is 9.84 Å². The van der Waals surface area contributed by atoms with Crippen LogP contribution in [0.25, 0.3) is 0 Å². The second kappa shape index (κ2) is 3.44. The van der Waals surface area contributed by atoms with Crippen LogP contribution >= 0.6 is 0 Å². The molecule has 0 fully saturated rings. The predicted molar refractivity (Wildman–Crippen MR) is 32.7 cm³/mol. The Morgan fingerprint density at radius 3 is 2.33 bits per heavy atom. The molecule has 3 heteroatoms. The Bertz CT molecular complexity index is 104. The molecule has 0 rings (SSSR count). The molecule has 0 bridgehead atoms. The zero-order valence-electron chi connectivity index (χ0n) is 5.72. The normalized spacial score (nSPS) is 16.2. The van der Waals surface area contributed by atoms with Gasteiger partial charge in [0.2, 0.25) is 0 Å². The van der Waals surface area contributed by atoms with E-state index in [2.05, 4.69) is 0 Å². The summed E-state index contributed by atoms with van der Waals surface area (Å²) in [5.41, 5.74) is -0.972. The maximum Gasteiger partial charge on any atom is 0.176 e. The average Bonchev–Trinajstić information content (AvgIpc) is 1.95. The van der Waals surface area contributed by atoms with Crippen LogP contribution in [0.4, 0.5) is 0 Å². The van der Waals surface area contributed by atoms with Crippen molar-refractivity contribution in [2.75, 3.05) is 13.7 Å². The highest BCUT2D eigenvalue weighted by atomic mass is 16.5. The smallest absolute Gasteiger partial charge is 0.176 e. The molecule has 0 aromatic rings. The number of hydrogen-bond donors (Lipinski definition) is 1. The van der Waals surface area contributed by atoms with E-state index in [0.717, 1.165) is 0 Å². The van der Waals surface area contributed by atoms with Crippen molar-refractivity contribution in [2.24, 2.45) is 0 Å². The van der Waals surface area contributed by atoms with Gasteiger partial charge in [0.05, 0.1) is 6.61 Å². The minimum atomic E-state index is -0.972. The van der Waals surface area contributed by atoms with Gasteiger partial charge in [-0.3, -0.25) is 0 Å². The van der Waals surface area contributed by atoms with E-state index < -0.39 is 5.60 Å². The van der Waals surface area contributed by atoms with Gasteiger partial charge in [-0.25, -0.2) is 0 Å². The minimum Gasteiger partial charge on any atom is -0.392 e. The molecule has 0 aliphatic rings. The highest BCUT2D eigenvalue weighted by Crippen LogP contribution is 2.11. The highest BCUT2D eigenvalue weighted by molar-refractivity contribution is 5.00. The molecule has 3 nitrogen and oxygen atoms in total. The molecule has 0 saturated carbocycles. The standard InChI is InChI=1S/C6H11NO2/c1-3-6(4-7,5-8)9-2/h8H,3,5H2,1-2H3. The van der Waals surface area contributed by atoms with Gasteiger partial charge in [-0.1, -0.05) is 6.92 Å². The predicted octanol–water partition coefficient (Wildman–Crippen LogP) is 0.297. The van der Waals surface area contributed by atoms with Crippen molar-refractivity contribution in [3.63, 3.8) is 0 Å². The fourth-order valence-corrected chi connectivity index (χ4v) is 0.481. The van der Waals surface area contributed by atoms with Gasteiger partial charge >= 0.3 is 0 Å². The van der Waals surface area contributed by atoms with Crippen LogP contribution in [0, 0.1) is 11.3 Å². The van der Waals surface area contributed by atoms with E-state index >= 15 is 0 Å². The van der Waals surface area contributed by atoms with E-state index in [4.69, 9.17) is 15.1 Å². The van der Waals surface area contributed by atoms with E-state index in [1.807, 2.05) is 6.07 Å². The fraction of sp³-hybridized carbons (Fsp3) is 0.833. The minimum absolute atomic E-state index is 0.240. The number of hydrogen-bond acceptors (Lipinski definition) is 3. The van der Waals surface area contributed by atoms with Gasteiger partial charge in [-0.15, -0.1) is 0 Å². The summed E-state index contributed by atoms with van der Waals surface area (Å²) in [6.45, 7) is 1.55. The molecule has 0 heterocycles. The summed E-state index contributed by atoms with van der Waals surface area (Å²) in [6, 6.07) is 1.89. The Hall–Kier alpha value is -0.590. The number of aliphatic hydroxyl groups is 1. The van der Waals surface area contributed by atoms with Crippen molar-refractivity contribution in [1.29, 1.82) is 5.26 Å². The van der Waals surface area contributed by atoms with Gasteiger partial charge in [-0.05, 0) is 6.42 Å². The van der Waals surface area contributed by atoms with Crippen molar-refractivity contribution >= 4 is 0 Å². The maximum absolute atomic E-state index is 8.63. The van der Waals surface area contributed by atoms with Crippen LogP contribution in [0.1, 0.15) is 13.3 Å². The third-order valence-electron chi connectivity index (χ3n) is 1.42. The lowest BCUT2D eigenvalue weighted by Crippen LogP contribution is -2.32. The molecule has 1 atom stereocenters. The highest BCUT2D eigenvalue weighted by Gasteiger charge is 2.25. The summed E-state index contributed by atoms with van der Waals surface area (Å²) >= 11 is 0. The SMILES string of the molecule is CCC(C#N)(CO)OC. The van der Waals surface area contributed by atoms with Crippen LogP contribution in [0.2, 0.25) is 0 Å². The molecule has 9 heavy (non-hydrogen) atoms. The summed E-state index contributed by atoms with van der Waals surface area (Å²) in [4.78, 5) is 0. The maximum atomic E-state index is 8.63. The van der Waals surface area contributed by atoms with E-state index in [-0.39, 0.29) is 6.61 Å². The first-order valence-corrected chi connectivity index (χ1v) is 2.82. The van der Waals surface area contributed by atoms with Crippen molar-refractivity contribution in [3.8, 4) is 6.07 Å². The number of methoxy groups -OCH3 is 1. The monoisotopic (exact) mass is 129 g/mol. The molecule has 0 aromatic heterocycles. The fourth-order valence-electron chi connectivity index (χ4n) is 0.481. The Labute approximate surface area is 54.9 Å². The van der Waals surface area contributed by atoms with Gasteiger partial charge in [0, 0.05) is 7.11 Å². The molecule has 0 amide bonds. The largest absolute Gasteiger partial charge is 0.392 e. The molecule has 1 N–H and O–H groups in total. The average molecular weight is 129 g/mol. The number of nitriles is 1. The molecular formula is C6H11NO2. The van der Waals surface area contributed by atoms with Gasteiger partial charge in [0.25, 0.3) is 0 Å². The van der Waals surface area contributed by atoms with E-state index in [0.29, 0.717) is 6.42 Å². The lowest BCUT2D eigenvalue weighted by Gasteiger charge is -2.19. The number of nitrogens with zero attached hydrogens (tertiary/aromatic N) is 1. The van der Waals surface area contributed by atoms with Gasteiger partial charge in [0.15, 0.2) is 5.60 Å². The molecule has 1 unspecified atom stereocenters. The van der Waals surface area contributed by atoms with Crippen molar-refractivity contribution in [2.45, 2.75) is 18.9 Å². The molecule has 0 aromatic carbocycles. The van der Waals surface area contributed by atoms with Crippen molar-refractivity contribution in [3.05, 3.63) is 0 Å². The van der Waals surface area contributed by atoms with E-state index in [1.165, 1.54) is 7.11 Å². The third kappa shape index (κ3) is 1.67. The van der Waals surface area contributed by atoms with Crippen LogP contribution in [0.3, 0.4) is 0 Å². The Kier molecular flexibility index (Phi) is 3.21. The molecule has 0 spiro atoms. The Morgan fingerprint density at radius 1 is 1.78 bits per heavy atom. The zero-order chi connectivity index (χ0) is 7.33. The summed E-state index contributed by atoms with van der Waals surface area (Å²) in [5, 5.41) is 17.1. The molecule has 52 valence electrons. The van der Waals surface area contributed by atoms with Crippen LogP contribution in [0.5, 0.6) is 0 Å². The lowest BCUT2D eigenvalue weighted by atomic mass is 10.0. The van der Waals surface area contributed by atoms with E-state index in [9.17, 15) is 0 Å². The Morgan fingerprint density at radius 2 is 2.33 bits per heavy atom.